The molecule has 6 nitrogen and oxygen atoms in total. The van der Waals surface area contributed by atoms with Crippen LogP contribution in [0.2, 0.25) is 0 Å². The Bertz CT molecular complexity index is 1570. The smallest absolute Gasteiger partial charge is 0.307 e. The summed E-state index contributed by atoms with van der Waals surface area (Å²) in [5, 5.41) is 10.7. The third-order valence-corrected chi connectivity index (χ3v) is 8.61. The quantitative estimate of drug-likeness (QED) is 0.235. The lowest BCUT2D eigenvalue weighted by atomic mass is 10.1. The minimum absolute atomic E-state index is 0.148. The highest BCUT2D eigenvalue weighted by atomic mass is 79.9. The number of fused-ring (bicyclic) bond motifs is 2. The summed E-state index contributed by atoms with van der Waals surface area (Å²) in [5.74, 6) is 0.157. The van der Waals surface area contributed by atoms with E-state index < -0.39 is 11.9 Å². The van der Waals surface area contributed by atoms with Crippen LogP contribution in [-0.2, 0) is 17.9 Å². The molecular formula is C28H24BrN3O3S. The van der Waals surface area contributed by atoms with Crippen molar-refractivity contribution in [2.45, 2.75) is 32.9 Å². The first-order valence-corrected chi connectivity index (χ1v) is 13.4. The first-order chi connectivity index (χ1) is 17.3. The number of hydrogen-bond donors (Lipinski definition) is 1. The van der Waals surface area contributed by atoms with E-state index in [9.17, 15) is 9.90 Å². The molecule has 2 heterocycles. The largest absolute Gasteiger partial charge is 0.486 e. The van der Waals surface area contributed by atoms with Crippen molar-refractivity contribution in [3.63, 3.8) is 0 Å². The molecule has 2 aromatic heterocycles. The van der Waals surface area contributed by atoms with Crippen LogP contribution in [-0.4, -0.2) is 25.6 Å². The van der Waals surface area contributed by atoms with Crippen molar-refractivity contribution >= 4 is 54.5 Å². The molecule has 1 aliphatic carbocycles. The van der Waals surface area contributed by atoms with E-state index in [1.54, 1.807) is 11.3 Å². The van der Waals surface area contributed by atoms with Crippen molar-refractivity contribution < 1.29 is 14.6 Å². The molecule has 0 bridgehead atoms. The molecular weight excluding hydrogens is 538 g/mol. The Balaban J connectivity index is 1.34. The molecule has 1 aliphatic rings. The van der Waals surface area contributed by atoms with Gasteiger partial charge in [-0.2, -0.15) is 0 Å². The standard InChI is InChI=1S/C28H24BrN3O3S/c1-28(2)24(25(28)27(33)34)26-31-20-13-18(35-15-23-30-19-5-3-4-6-22(19)36-23)11-12-21(20)32(26)14-16-7-9-17(29)10-8-16/h3-13,24-25H,14-15H2,1-2H3,(H,33,34)/t24?,25-/m0/s1. The second kappa shape index (κ2) is 8.71. The number of carbonyl (C=O) groups is 1. The lowest BCUT2D eigenvalue weighted by molar-refractivity contribution is -0.139. The van der Waals surface area contributed by atoms with Crippen LogP contribution in [0.4, 0.5) is 0 Å². The third kappa shape index (κ3) is 4.08. The van der Waals surface area contributed by atoms with E-state index in [0.717, 1.165) is 42.1 Å². The molecule has 182 valence electrons. The van der Waals surface area contributed by atoms with Crippen molar-refractivity contribution in [2.75, 3.05) is 0 Å². The van der Waals surface area contributed by atoms with Gasteiger partial charge in [0.15, 0.2) is 0 Å². The van der Waals surface area contributed by atoms with Gasteiger partial charge < -0.3 is 14.4 Å². The number of para-hydroxylation sites is 1. The van der Waals surface area contributed by atoms with Gasteiger partial charge in [-0.25, -0.2) is 9.97 Å². The van der Waals surface area contributed by atoms with E-state index in [0.29, 0.717) is 18.9 Å². The first kappa shape index (κ1) is 23.2. The lowest BCUT2D eigenvalue weighted by Crippen LogP contribution is -2.07. The molecule has 1 N–H and O–H groups in total. The van der Waals surface area contributed by atoms with Crippen molar-refractivity contribution in [2.24, 2.45) is 11.3 Å². The van der Waals surface area contributed by atoms with E-state index >= 15 is 0 Å². The highest BCUT2D eigenvalue weighted by Gasteiger charge is 2.64. The van der Waals surface area contributed by atoms with Crippen molar-refractivity contribution in [3.8, 4) is 5.75 Å². The van der Waals surface area contributed by atoms with Crippen LogP contribution in [0.1, 0.15) is 36.2 Å². The Morgan fingerprint density at radius 3 is 2.58 bits per heavy atom. The van der Waals surface area contributed by atoms with Gasteiger partial charge in [0.2, 0.25) is 0 Å². The number of nitrogens with zero attached hydrogens (tertiary/aromatic N) is 3. The molecule has 0 amide bonds. The maximum absolute atomic E-state index is 12.0. The second-order valence-corrected chi connectivity index (χ2v) is 11.8. The molecule has 1 unspecified atom stereocenters. The SMILES string of the molecule is CC1(C)C(c2nc3cc(OCc4nc5ccccc5s4)ccc3n2Cc2ccc(Br)cc2)[C@H]1C(=O)O. The molecule has 2 atom stereocenters. The average molecular weight is 562 g/mol. The van der Waals surface area contributed by atoms with Gasteiger partial charge in [0.25, 0.3) is 0 Å². The number of aromatic nitrogens is 3. The fraction of sp³-hybridized carbons (Fsp3) is 0.250. The summed E-state index contributed by atoms with van der Waals surface area (Å²) in [6.45, 7) is 5.01. The molecule has 8 heteroatoms. The average Bonchev–Trinajstić information content (AvgIpc) is 3.12. The second-order valence-electron chi connectivity index (χ2n) is 9.81. The maximum atomic E-state index is 12.0. The van der Waals surface area contributed by atoms with E-state index in [2.05, 4.69) is 43.7 Å². The third-order valence-electron chi connectivity index (χ3n) is 7.08. The molecule has 0 aliphatic heterocycles. The van der Waals surface area contributed by atoms with Gasteiger partial charge >= 0.3 is 5.97 Å². The number of aliphatic carboxylic acids is 1. The number of imidazole rings is 1. The zero-order valence-corrected chi connectivity index (χ0v) is 22.2. The number of benzene rings is 3. The molecule has 0 spiro atoms. The highest BCUT2D eigenvalue weighted by Crippen LogP contribution is 2.64. The van der Waals surface area contributed by atoms with Crippen LogP contribution < -0.4 is 4.74 Å². The Hall–Kier alpha value is -3.23. The van der Waals surface area contributed by atoms with Gasteiger partial charge in [-0.05, 0) is 47.4 Å². The molecule has 0 radical (unpaired) electrons. The monoisotopic (exact) mass is 561 g/mol. The van der Waals surface area contributed by atoms with Gasteiger partial charge in [-0.1, -0.05) is 54.0 Å². The van der Waals surface area contributed by atoms with Gasteiger partial charge in [0.1, 0.15) is 23.2 Å². The summed E-state index contributed by atoms with van der Waals surface area (Å²) >= 11 is 5.13. The van der Waals surface area contributed by atoms with Gasteiger partial charge in [-0.15, -0.1) is 11.3 Å². The number of halogens is 1. The van der Waals surface area contributed by atoms with E-state index in [-0.39, 0.29) is 11.3 Å². The fourth-order valence-electron chi connectivity index (χ4n) is 5.10. The predicted octanol–water partition coefficient (Wildman–Crippen LogP) is 6.86. The molecule has 36 heavy (non-hydrogen) atoms. The lowest BCUT2D eigenvalue weighted by Gasteiger charge is -2.11. The summed E-state index contributed by atoms with van der Waals surface area (Å²) in [6.07, 6.45) is 0. The zero-order valence-electron chi connectivity index (χ0n) is 19.8. The normalized spacial score (nSPS) is 18.5. The zero-order chi connectivity index (χ0) is 25.0. The van der Waals surface area contributed by atoms with E-state index in [1.807, 2.05) is 62.4 Å². The maximum Gasteiger partial charge on any atom is 0.307 e. The summed E-state index contributed by atoms with van der Waals surface area (Å²) in [7, 11) is 0. The Morgan fingerprint density at radius 1 is 1.08 bits per heavy atom. The molecule has 3 aromatic carbocycles. The van der Waals surface area contributed by atoms with Crippen molar-refractivity contribution in [1.82, 2.24) is 14.5 Å². The molecule has 6 rings (SSSR count). The summed E-state index contributed by atoms with van der Waals surface area (Å²) in [5.41, 5.74) is 3.52. The van der Waals surface area contributed by atoms with Crippen LogP contribution in [0, 0.1) is 11.3 Å². The number of carboxylic acids is 1. The first-order valence-electron chi connectivity index (χ1n) is 11.8. The Morgan fingerprint density at radius 2 is 1.86 bits per heavy atom. The van der Waals surface area contributed by atoms with Crippen LogP contribution in [0.3, 0.4) is 0 Å². The van der Waals surface area contributed by atoms with E-state index in [4.69, 9.17) is 9.72 Å². The molecule has 1 saturated carbocycles. The number of hydrogen-bond acceptors (Lipinski definition) is 5. The van der Waals surface area contributed by atoms with Crippen molar-refractivity contribution in [1.29, 1.82) is 0 Å². The number of rotatable bonds is 7. The Kier molecular flexibility index (Phi) is 5.61. The summed E-state index contributed by atoms with van der Waals surface area (Å²) in [4.78, 5) is 21.6. The van der Waals surface area contributed by atoms with E-state index in [1.165, 1.54) is 0 Å². The summed E-state index contributed by atoms with van der Waals surface area (Å²) < 4.78 is 10.4. The number of carboxylic acid groups (broad SMARTS) is 1. The fourth-order valence-corrected chi connectivity index (χ4v) is 6.25. The highest BCUT2D eigenvalue weighted by molar-refractivity contribution is 9.10. The minimum atomic E-state index is -0.771. The molecule has 0 saturated heterocycles. The van der Waals surface area contributed by atoms with Crippen molar-refractivity contribution in [3.05, 3.63) is 87.6 Å². The Labute approximate surface area is 220 Å². The minimum Gasteiger partial charge on any atom is -0.486 e. The van der Waals surface area contributed by atoms with Crippen LogP contribution in [0.25, 0.3) is 21.3 Å². The van der Waals surface area contributed by atoms with Crippen LogP contribution >= 0.6 is 27.3 Å². The number of thiazole rings is 1. The van der Waals surface area contributed by atoms with Gasteiger partial charge in [0, 0.05) is 23.0 Å². The van der Waals surface area contributed by atoms with Crippen LogP contribution in [0.15, 0.2) is 71.2 Å². The molecule has 1 fully saturated rings. The summed E-state index contributed by atoms with van der Waals surface area (Å²) in [6, 6.07) is 22.1. The van der Waals surface area contributed by atoms with Gasteiger partial charge in [0.05, 0.1) is 27.2 Å². The van der Waals surface area contributed by atoms with Crippen LogP contribution in [0.5, 0.6) is 5.75 Å². The number of ether oxygens (including phenoxy) is 1. The predicted molar refractivity (Wildman–Crippen MR) is 145 cm³/mol. The van der Waals surface area contributed by atoms with Gasteiger partial charge in [-0.3, -0.25) is 4.79 Å². The molecule has 5 aromatic rings. The topological polar surface area (TPSA) is 77.2 Å².